The van der Waals surface area contributed by atoms with Gasteiger partial charge in [-0.1, -0.05) is 6.07 Å². The number of halogens is 3. The van der Waals surface area contributed by atoms with Gasteiger partial charge in [0.05, 0.1) is 11.3 Å². The smallest absolute Gasteiger partial charge is 0.416 e. The number of carbonyl (C=O) groups excluding carboxylic acids is 1. The first-order valence-corrected chi connectivity index (χ1v) is 6.99. The van der Waals surface area contributed by atoms with E-state index in [1.165, 1.54) is 18.3 Å². The van der Waals surface area contributed by atoms with Crippen molar-refractivity contribution in [1.82, 2.24) is 15.1 Å². The summed E-state index contributed by atoms with van der Waals surface area (Å²) in [5, 5.41) is 6.49. The van der Waals surface area contributed by atoms with Crippen molar-refractivity contribution in [2.24, 2.45) is 0 Å². The van der Waals surface area contributed by atoms with Crippen molar-refractivity contribution in [3.05, 3.63) is 47.8 Å². The molecule has 8 heteroatoms. The number of nitrogens with one attached hydrogen (secondary N) is 1. The van der Waals surface area contributed by atoms with Crippen molar-refractivity contribution >= 4 is 6.03 Å². The fourth-order valence-corrected chi connectivity index (χ4v) is 2.03. The first kappa shape index (κ1) is 16.9. The maximum Gasteiger partial charge on any atom is 0.416 e. The Morgan fingerprint density at radius 2 is 2.13 bits per heavy atom. The highest BCUT2D eigenvalue weighted by Crippen LogP contribution is 2.32. The molecule has 0 fully saturated rings. The Kier molecular flexibility index (Phi) is 4.92. The second-order valence-corrected chi connectivity index (χ2v) is 4.79. The molecular formula is C15H16F3N3O2. The van der Waals surface area contributed by atoms with Crippen LogP contribution in [0.5, 0.6) is 5.75 Å². The minimum Gasteiger partial charge on any atom is -0.484 e. The van der Waals surface area contributed by atoms with Crippen molar-refractivity contribution in [2.45, 2.75) is 26.1 Å². The average Bonchev–Trinajstić information content (AvgIpc) is 2.96. The van der Waals surface area contributed by atoms with Gasteiger partial charge in [0.15, 0.2) is 0 Å². The number of nitrogens with zero attached hydrogens (tertiary/aromatic N) is 2. The number of hydrogen-bond donors (Lipinski definition) is 1. The molecule has 23 heavy (non-hydrogen) atoms. The Morgan fingerprint density at radius 1 is 1.39 bits per heavy atom. The van der Waals surface area contributed by atoms with Gasteiger partial charge < -0.3 is 10.1 Å². The molecule has 0 radical (unpaired) electrons. The number of rotatable bonds is 4. The number of aromatic nitrogens is 2. The van der Waals surface area contributed by atoms with Gasteiger partial charge in [0.1, 0.15) is 11.9 Å². The van der Waals surface area contributed by atoms with Crippen LogP contribution >= 0.6 is 0 Å². The lowest BCUT2D eigenvalue weighted by Crippen LogP contribution is -2.31. The molecule has 1 amide bonds. The fraction of sp³-hybridized carbons (Fsp3) is 0.333. The SMILES string of the molecule is CCNC(=O)n1nccc1[C@@H](C)Oc1cccc(C(F)(F)F)c1. The molecule has 124 valence electrons. The highest BCUT2D eigenvalue weighted by Gasteiger charge is 2.30. The summed E-state index contributed by atoms with van der Waals surface area (Å²) in [6, 6.07) is 5.74. The third-order valence-electron chi connectivity index (χ3n) is 3.08. The molecule has 1 aromatic heterocycles. The molecule has 1 heterocycles. The van der Waals surface area contributed by atoms with Crippen LogP contribution in [-0.4, -0.2) is 22.4 Å². The average molecular weight is 327 g/mol. The van der Waals surface area contributed by atoms with Crippen LogP contribution in [0.4, 0.5) is 18.0 Å². The standard InChI is InChI=1S/C15H16F3N3O2/c1-3-19-14(22)21-13(7-8-20-21)10(2)23-12-6-4-5-11(9-12)15(16,17)18/h4-10H,3H2,1-2H3,(H,19,22)/t10-/m1/s1. The summed E-state index contributed by atoms with van der Waals surface area (Å²) in [5.41, 5.74) is -0.354. The summed E-state index contributed by atoms with van der Waals surface area (Å²) >= 11 is 0. The van der Waals surface area contributed by atoms with E-state index in [0.29, 0.717) is 12.2 Å². The molecule has 0 spiro atoms. The van der Waals surface area contributed by atoms with Crippen LogP contribution in [0, 0.1) is 0 Å². The van der Waals surface area contributed by atoms with E-state index >= 15 is 0 Å². The Bertz CT molecular complexity index is 683. The highest BCUT2D eigenvalue weighted by molar-refractivity contribution is 5.76. The molecule has 2 aromatic rings. The van der Waals surface area contributed by atoms with Gasteiger partial charge in [-0.3, -0.25) is 0 Å². The van der Waals surface area contributed by atoms with Crippen molar-refractivity contribution in [3.63, 3.8) is 0 Å². The molecule has 5 nitrogen and oxygen atoms in total. The zero-order valence-corrected chi connectivity index (χ0v) is 12.6. The topological polar surface area (TPSA) is 56.2 Å². The summed E-state index contributed by atoms with van der Waals surface area (Å²) in [7, 11) is 0. The van der Waals surface area contributed by atoms with Crippen LogP contribution in [0.15, 0.2) is 36.5 Å². The van der Waals surface area contributed by atoms with E-state index in [1.54, 1.807) is 19.9 Å². The molecule has 1 N–H and O–H groups in total. The maximum absolute atomic E-state index is 12.7. The quantitative estimate of drug-likeness (QED) is 0.933. The molecule has 1 atom stereocenters. The van der Waals surface area contributed by atoms with E-state index in [9.17, 15) is 18.0 Å². The van der Waals surface area contributed by atoms with Crippen LogP contribution < -0.4 is 10.1 Å². The minimum absolute atomic E-state index is 0.0657. The molecule has 0 unspecified atom stereocenters. The third kappa shape index (κ3) is 4.02. The Morgan fingerprint density at radius 3 is 2.78 bits per heavy atom. The van der Waals surface area contributed by atoms with E-state index in [0.717, 1.165) is 16.8 Å². The summed E-state index contributed by atoms with van der Waals surface area (Å²) in [6.45, 7) is 3.83. The highest BCUT2D eigenvalue weighted by atomic mass is 19.4. The number of carbonyl (C=O) groups is 1. The monoisotopic (exact) mass is 327 g/mol. The molecule has 0 aliphatic rings. The van der Waals surface area contributed by atoms with Crippen molar-refractivity contribution < 1.29 is 22.7 Å². The van der Waals surface area contributed by atoms with Crippen LogP contribution in [0.3, 0.4) is 0 Å². The van der Waals surface area contributed by atoms with E-state index in [1.807, 2.05) is 0 Å². The zero-order valence-electron chi connectivity index (χ0n) is 12.6. The van der Waals surface area contributed by atoms with Crippen molar-refractivity contribution in [1.29, 1.82) is 0 Å². The van der Waals surface area contributed by atoms with E-state index < -0.39 is 23.9 Å². The zero-order chi connectivity index (χ0) is 17.0. The lowest BCUT2D eigenvalue weighted by atomic mass is 10.2. The predicted octanol–water partition coefficient (Wildman–Crippen LogP) is 3.62. The first-order chi connectivity index (χ1) is 10.8. The molecule has 0 saturated heterocycles. The number of amides is 1. The predicted molar refractivity (Wildman–Crippen MR) is 77.2 cm³/mol. The van der Waals surface area contributed by atoms with Gasteiger partial charge in [-0.2, -0.15) is 23.0 Å². The van der Waals surface area contributed by atoms with Gasteiger partial charge in [-0.15, -0.1) is 0 Å². The number of benzene rings is 1. The van der Waals surface area contributed by atoms with Crippen LogP contribution in [0.25, 0.3) is 0 Å². The Labute approximate surface area is 131 Å². The van der Waals surface area contributed by atoms with Gasteiger partial charge >= 0.3 is 12.2 Å². The summed E-state index contributed by atoms with van der Waals surface area (Å²) < 4.78 is 44.8. The van der Waals surface area contributed by atoms with E-state index in [2.05, 4.69) is 10.4 Å². The van der Waals surface area contributed by atoms with Gasteiger partial charge in [-0.25, -0.2) is 4.79 Å². The lowest BCUT2D eigenvalue weighted by Gasteiger charge is -2.17. The second kappa shape index (κ2) is 6.72. The first-order valence-electron chi connectivity index (χ1n) is 6.99. The molecule has 1 aromatic carbocycles. The number of alkyl halides is 3. The number of ether oxygens (including phenoxy) is 1. The van der Waals surface area contributed by atoms with Crippen molar-refractivity contribution in [2.75, 3.05) is 6.54 Å². The largest absolute Gasteiger partial charge is 0.484 e. The van der Waals surface area contributed by atoms with Crippen LogP contribution in [0.2, 0.25) is 0 Å². The third-order valence-corrected chi connectivity index (χ3v) is 3.08. The molecule has 0 saturated carbocycles. The molecule has 0 bridgehead atoms. The second-order valence-electron chi connectivity index (χ2n) is 4.79. The Hall–Kier alpha value is -2.51. The normalized spacial score (nSPS) is 12.7. The number of hydrogen-bond acceptors (Lipinski definition) is 3. The van der Waals surface area contributed by atoms with Gasteiger partial charge in [0.2, 0.25) is 0 Å². The van der Waals surface area contributed by atoms with Gasteiger partial charge in [-0.05, 0) is 38.1 Å². The fourth-order valence-electron chi connectivity index (χ4n) is 2.03. The van der Waals surface area contributed by atoms with Gasteiger partial charge in [0, 0.05) is 12.7 Å². The lowest BCUT2D eigenvalue weighted by molar-refractivity contribution is -0.137. The van der Waals surface area contributed by atoms with E-state index in [4.69, 9.17) is 4.74 Å². The minimum atomic E-state index is -4.44. The van der Waals surface area contributed by atoms with Crippen LogP contribution in [-0.2, 0) is 6.18 Å². The maximum atomic E-state index is 12.7. The van der Waals surface area contributed by atoms with E-state index in [-0.39, 0.29) is 5.75 Å². The molecular weight excluding hydrogens is 311 g/mol. The molecule has 0 aliphatic heterocycles. The van der Waals surface area contributed by atoms with Gasteiger partial charge in [0.25, 0.3) is 0 Å². The molecule has 2 rings (SSSR count). The summed E-state index contributed by atoms with van der Waals surface area (Å²) in [6.07, 6.45) is -3.66. The summed E-state index contributed by atoms with van der Waals surface area (Å²) in [4.78, 5) is 11.9. The van der Waals surface area contributed by atoms with Crippen LogP contribution in [0.1, 0.15) is 31.2 Å². The summed E-state index contributed by atoms with van der Waals surface area (Å²) in [5.74, 6) is 0.0657. The Balaban J connectivity index is 2.19. The molecule has 0 aliphatic carbocycles. The van der Waals surface area contributed by atoms with Crippen molar-refractivity contribution in [3.8, 4) is 5.75 Å².